The van der Waals surface area contributed by atoms with Crippen LogP contribution >= 0.6 is 0 Å². The first-order valence-corrected chi connectivity index (χ1v) is 11.5. The molecule has 2 fully saturated rings. The molecule has 32 heavy (non-hydrogen) atoms. The lowest BCUT2D eigenvalue weighted by Crippen LogP contribution is -2.52. The number of nitrogens with zero attached hydrogens (tertiary/aromatic N) is 1. The Morgan fingerprint density at radius 3 is 2.62 bits per heavy atom. The predicted octanol–water partition coefficient (Wildman–Crippen LogP) is 4.71. The van der Waals surface area contributed by atoms with E-state index in [1.54, 1.807) is 0 Å². The van der Waals surface area contributed by atoms with E-state index >= 15 is 0 Å². The number of carboxylic acid groups (broad SMARTS) is 1. The van der Waals surface area contributed by atoms with Gasteiger partial charge < -0.3 is 15.8 Å². The Labute approximate surface area is 187 Å². The van der Waals surface area contributed by atoms with E-state index < -0.39 is 5.97 Å². The van der Waals surface area contributed by atoms with E-state index in [0.29, 0.717) is 17.6 Å². The molecule has 3 aromatic rings. The third kappa shape index (κ3) is 3.99. The van der Waals surface area contributed by atoms with Crippen molar-refractivity contribution in [1.82, 2.24) is 9.88 Å². The Bertz CT molecular complexity index is 1110. The van der Waals surface area contributed by atoms with Gasteiger partial charge in [-0.05, 0) is 80.0 Å². The second-order valence-electron chi connectivity index (χ2n) is 9.60. The van der Waals surface area contributed by atoms with Gasteiger partial charge in [0.15, 0.2) is 0 Å². The van der Waals surface area contributed by atoms with Gasteiger partial charge in [-0.15, -0.1) is 0 Å². The average molecular weight is 436 g/mol. The maximum atomic E-state index is 12.0. The number of aromatic nitrogens is 1. The molecule has 6 rings (SSSR count). The van der Waals surface area contributed by atoms with Crippen LogP contribution < -0.4 is 5.73 Å². The highest BCUT2D eigenvalue weighted by Crippen LogP contribution is 2.46. The summed E-state index contributed by atoms with van der Waals surface area (Å²) in [6.45, 7) is 3.98. The summed E-state index contributed by atoms with van der Waals surface area (Å²) < 4.78 is 12.0. The van der Waals surface area contributed by atoms with Gasteiger partial charge in [-0.3, -0.25) is 9.69 Å². The van der Waals surface area contributed by atoms with Gasteiger partial charge in [0.1, 0.15) is 5.82 Å². The summed E-state index contributed by atoms with van der Waals surface area (Å²) in [5, 5.41) is 11.0. The SMILES string of the molecule is Cc1[nH]c2cccc3c2c1C[C@@H]1[C@@H]3C[C@@H](C(=O)O)CN1CC1CC1.Nc1ccc(F)cc1. The van der Waals surface area contributed by atoms with Crippen molar-refractivity contribution in [3.8, 4) is 0 Å². The van der Waals surface area contributed by atoms with Crippen molar-refractivity contribution in [1.29, 1.82) is 0 Å². The van der Waals surface area contributed by atoms with Gasteiger partial charge >= 0.3 is 5.97 Å². The molecule has 2 aromatic carbocycles. The number of hydrogen-bond donors (Lipinski definition) is 3. The van der Waals surface area contributed by atoms with Crippen molar-refractivity contribution in [2.75, 3.05) is 18.8 Å². The Balaban J connectivity index is 0.000000230. The fourth-order valence-electron chi connectivity index (χ4n) is 5.55. The van der Waals surface area contributed by atoms with Crippen molar-refractivity contribution in [2.24, 2.45) is 11.8 Å². The van der Waals surface area contributed by atoms with Crippen molar-refractivity contribution in [2.45, 2.75) is 44.6 Å². The summed E-state index contributed by atoms with van der Waals surface area (Å²) in [5.74, 6) is 0.0335. The number of H-pyrrole nitrogens is 1. The zero-order chi connectivity index (χ0) is 22.4. The number of carboxylic acids is 1. The number of rotatable bonds is 3. The molecule has 0 bridgehead atoms. The van der Waals surface area contributed by atoms with Crippen LogP contribution in [0, 0.1) is 24.6 Å². The first-order valence-electron chi connectivity index (χ1n) is 11.5. The zero-order valence-electron chi connectivity index (χ0n) is 18.4. The number of nitrogens with one attached hydrogen (secondary N) is 1. The number of aliphatic carboxylic acids is 1. The lowest BCUT2D eigenvalue weighted by molar-refractivity contribution is -0.144. The van der Waals surface area contributed by atoms with Crippen molar-refractivity contribution in [3.05, 3.63) is 65.1 Å². The maximum absolute atomic E-state index is 12.0. The molecule has 0 unspecified atom stereocenters. The molecule has 0 amide bonds. The van der Waals surface area contributed by atoms with Crippen LogP contribution in [0.3, 0.4) is 0 Å². The standard InChI is InChI=1S/C20H24N2O2.C6H6FN/c1-11-15-8-18-16(14-3-2-4-17(21-11)19(14)15)7-13(20(23)24)10-22(18)9-12-5-6-12;7-5-1-3-6(8)4-2-5/h2-4,12-13,16,18,21H,5-10H2,1H3,(H,23,24);1-4H,8H2/t13-,16-,18-;/m1./s1. The zero-order valence-corrected chi connectivity index (χ0v) is 18.4. The topological polar surface area (TPSA) is 82.4 Å². The highest BCUT2D eigenvalue weighted by atomic mass is 19.1. The number of anilines is 1. The number of hydrogen-bond acceptors (Lipinski definition) is 3. The second kappa shape index (κ2) is 8.24. The largest absolute Gasteiger partial charge is 0.481 e. The average Bonchev–Trinajstić information content (AvgIpc) is 3.53. The molecule has 3 atom stereocenters. The van der Waals surface area contributed by atoms with E-state index in [-0.39, 0.29) is 11.7 Å². The molecule has 3 aliphatic rings. The number of benzene rings is 2. The van der Waals surface area contributed by atoms with Gasteiger partial charge in [-0.2, -0.15) is 0 Å². The fourth-order valence-corrected chi connectivity index (χ4v) is 5.55. The van der Waals surface area contributed by atoms with Crippen molar-refractivity contribution in [3.63, 3.8) is 0 Å². The number of aromatic amines is 1. The van der Waals surface area contributed by atoms with Crippen LogP contribution in [-0.4, -0.2) is 40.1 Å². The Kier molecular flexibility index (Phi) is 5.41. The molecule has 0 spiro atoms. The molecule has 0 radical (unpaired) electrons. The maximum Gasteiger partial charge on any atom is 0.307 e. The highest BCUT2D eigenvalue weighted by Gasteiger charge is 2.44. The van der Waals surface area contributed by atoms with Gasteiger partial charge in [0.05, 0.1) is 5.92 Å². The summed E-state index contributed by atoms with van der Waals surface area (Å²) in [6, 6.07) is 12.7. The number of nitrogen functional groups attached to an aromatic ring is 1. The molecule has 1 aromatic heterocycles. The van der Waals surface area contributed by atoms with Crippen LogP contribution in [0.2, 0.25) is 0 Å². The molecule has 6 heteroatoms. The smallest absolute Gasteiger partial charge is 0.307 e. The Morgan fingerprint density at radius 1 is 1.22 bits per heavy atom. The van der Waals surface area contributed by atoms with Gasteiger partial charge in [0.2, 0.25) is 0 Å². The first-order chi connectivity index (χ1) is 15.4. The lowest BCUT2D eigenvalue weighted by atomic mass is 9.72. The van der Waals surface area contributed by atoms with E-state index in [9.17, 15) is 14.3 Å². The summed E-state index contributed by atoms with van der Waals surface area (Å²) in [5.41, 5.74) is 11.2. The van der Waals surface area contributed by atoms with Crippen LogP contribution in [-0.2, 0) is 11.2 Å². The Morgan fingerprint density at radius 2 is 1.97 bits per heavy atom. The minimum atomic E-state index is -0.627. The van der Waals surface area contributed by atoms with E-state index in [2.05, 4.69) is 35.0 Å². The lowest BCUT2D eigenvalue weighted by Gasteiger charge is -2.46. The third-order valence-electron chi connectivity index (χ3n) is 7.32. The number of carbonyl (C=O) groups is 1. The minimum absolute atomic E-state index is 0.234. The second-order valence-corrected chi connectivity index (χ2v) is 9.60. The van der Waals surface area contributed by atoms with Gasteiger partial charge in [-0.1, -0.05) is 12.1 Å². The monoisotopic (exact) mass is 435 g/mol. The summed E-state index contributed by atoms with van der Waals surface area (Å²) in [7, 11) is 0. The molecular weight excluding hydrogens is 405 g/mol. The molecule has 168 valence electrons. The molecule has 4 N–H and O–H groups in total. The van der Waals surface area contributed by atoms with Gasteiger partial charge in [0, 0.05) is 47.3 Å². The van der Waals surface area contributed by atoms with Crippen LogP contribution in [0.1, 0.15) is 42.0 Å². The first kappa shape index (κ1) is 21.0. The van der Waals surface area contributed by atoms with Crippen molar-refractivity contribution < 1.29 is 14.3 Å². The fraction of sp³-hybridized carbons (Fsp3) is 0.423. The van der Waals surface area contributed by atoms with E-state index in [1.807, 2.05) is 0 Å². The summed E-state index contributed by atoms with van der Waals surface area (Å²) in [6.07, 6.45) is 4.47. The van der Waals surface area contributed by atoms with Gasteiger partial charge in [-0.25, -0.2) is 4.39 Å². The normalized spacial score (nSPS) is 24.5. The molecule has 2 aliphatic carbocycles. The minimum Gasteiger partial charge on any atom is -0.481 e. The molecule has 1 saturated heterocycles. The molecule has 1 aliphatic heterocycles. The molecule has 2 heterocycles. The van der Waals surface area contributed by atoms with E-state index in [0.717, 1.165) is 31.8 Å². The molecule has 5 nitrogen and oxygen atoms in total. The van der Waals surface area contributed by atoms with Crippen LogP contribution in [0.5, 0.6) is 0 Å². The van der Waals surface area contributed by atoms with Crippen LogP contribution in [0.25, 0.3) is 10.9 Å². The quantitative estimate of drug-likeness (QED) is 0.521. The number of halogens is 1. The number of nitrogens with two attached hydrogens (primary N) is 1. The summed E-state index contributed by atoms with van der Waals surface area (Å²) >= 11 is 0. The summed E-state index contributed by atoms with van der Waals surface area (Å²) in [4.78, 5) is 17.8. The van der Waals surface area contributed by atoms with Gasteiger partial charge in [0.25, 0.3) is 0 Å². The Hall–Kier alpha value is -2.86. The predicted molar refractivity (Wildman–Crippen MR) is 124 cm³/mol. The highest BCUT2D eigenvalue weighted by molar-refractivity contribution is 5.89. The molecular formula is C26H30FN3O2. The molecule has 1 saturated carbocycles. The van der Waals surface area contributed by atoms with E-state index in [1.165, 1.54) is 64.8 Å². The number of fused-ring (bicyclic) bond motifs is 2. The van der Waals surface area contributed by atoms with E-state index in [4.69, 9.17) is 5.73 Å². The third-order valence-corrected chi connectivity index (χ3v) is 7.32. The number of aryl methyl sites for hydroxylation is 1. The van der Waals surface area contributed by atoms with Crippen LogP contribution in [0.4, 0.5) is 10.1 Å². The number of piperidine rings is 1. The van der Waals surface area contributed by atoms with Crippen molar-refractivity contribution >= 4 is 22.6 Å². The van der Waals surface area contributed by atoms with Crippen LogP contribution in [0.15, 0.2) is 42.5 Å². The number of likely N-dealkylation sites (tertiary alicyclic amines) is 1.